The zero-order chi connectivity index (χ0) is 16.5. The van der Waals surface area contributed by atoms with E-state index < -0.39 is 7.92 Å². The molecule has 1 aromatic heterocycles. The maximum Gasteiger partial charge on any atom is 0.0486 e. The number of para-hydroxylation sites is 1. The van der Waals surface area contributed by atoms with Gasteiger partial charge in [0.15, 0.2) is 0 Å². The molecule has 0 bridgehead atoms. The maximum absolute atomic E-state index is 2.33. The molecule has 0 saturated carbocycles. The van der Waals surface area contributed by atoms with Gasteiger partial charge in [0.25, 0.3) is 0 Å². The predicted octanol–water partition coefficient (Wildman–Crippen LogP) is 4.24. The molecule has 0 aliphatic rings. The molecule has 118 valence electrons. The van der Waals surface area contributed by atoms with Gasteiger partial charge in [-0.1, -0.05) is 78.9 Å². The van der Waals surface area contributed by atoms with Crippen molar-refractivity contribution in [2.24, 2.45) is 7.05 Å². The lowest BCUT2D eigenvalue weighted by atomic mass is 10.2. The smallest absolute Gasteiger partial charge is 0.0486 e. The van der Waals surface area contributed by atoms with Crippen molar-refractivity contribution in [1.82, 2.24) is 4.57 Å². The fraction of sp³-hybridized carbons (Fsp3) is 0.0909. The van der Waals surface area contributed by atoms with E-state index in [4.69, 9.17) is 0 Å². The van der Waals surface area contributed by atoms with Crippen molar-refractivity contribution in [3.8, 4) is 0 Å². The fourth-order valence-corrected chi connectivity index (χ4v) is 6.00. The standard InChI is InChI=1S/C22H20NP/c1-17-22(20-15-9-10-16-21(20)23(17)2)24(18-11-5-3-6-12-18)19-13-7-4-8-14-19/h3-16H,1-2H3. The van der Waals surface area contributed by atoms with Crippen molar-refractivity contribution in [3.63, 3.8) is 0 Å². The first-order chi connectivity index (χ1) is 11.8. The normalized spacial score (nSPS) is 11.3. The van der Waals surface area contributed by atoms with E-state index in [9.17, 15) is 0 Å². The van der Waals surface area contributed by atoms with E-state index >= 15 is 0 Å². The van der Waals surface area contributed by atoms with Crippen LogP contribution in [0.1, 0.15) is 5.69 Å². The van der Waals surface area contributed by atoms with Crippen LogP contribution in [0.2, 0.25) is 0 Å². The highest BCUT2D eigenvalue weighted by atomic mass is 31.1. The van der Waals surface area contributed by atoms with E-state index in [0.29, 0.717) is 0 Å². The molecule has 0 atom stereocenters. The van der Waals surface area contributed by atoms with Gasteiger partial charge in [-0.3, -0.25) is 0 Å². The van der Waals surface area contributed by atoms with Crippen LogP contribution in [0.3, 0.4) is 0 Å². The van der Waals surface area contributed by atoms with Crippen molar-refractivity contribution in [2.45, 2.75) is 6.92 Å². The second kappa shape index (κ2) is 6.26. The molecule has 0 unspecified atom stereocenters. The third-order valence-corrected chi connectivity index (χ3v) is 7.26. The van der Waals surface area contributed by atoms with Gasteiger partial charge in [0.2, 0.25) is 0 Å². The molecule has 0 fully saturated rings. The second-order valence-electron chi connectivity index (χ2n) is 6.02. The molecule has 0 aliphatic carbocycles. The van der Waals surface area contributed by atoms with E-state index in [1.807, 2.05) is 0 Å². The van der Waals surface area contributed by atoms with Crippen molar-refractivity contribution in [1.29, 1.82) is 0 Å². The molecule has 0 spiro atoms. The minimum Gasteiger partial charge on any atom is -0.347 e. The summed E-state index contributed by atoms with van der Waals surface area (Å²) in [4.78, 5) is 0. The minimum atomic E-state index is -0.567. The molecule has 3 aromatic carbocycles. The van der Waals surface area contributed by atoms with Crippen LogP contribution in [-0.4, -0.2) is 4.57 Å². The van der Waals surface area contributed by atoms with Crippen molar-refractivity contribution in [2.75, 3.05) is 0 Å². The Hall–Kier alpha value is -2.37. The number of hydrogen-bond acceptors (Lipinski definition) is 0. The Bertz CT molecular complexity index is 931. The summed E-state index contributed by atoms with van der Waals surface area (Å²) >= 11 is 0. The number of aromatic nitrogens is 1. The van der Waals surface area contributed by atoms with Gasteiger partial charge >= 0.3 is 0 Å². The van der Waals surface area contributed by atoms with Crippen molar-refractivity contribution in [3.05, 3.63) is 90.6 Å². The van der Waals surface area contributed by atoms with Crippen LogP contribution in [0, 0.1) is 6.92 Å². The van der Waals surface area contributed by atoms with Crippen LogP contribution in [-0.2, 0) is 7.05 Å². The van der Waals surface area contributed by atoms with Crippen LogP contribution < -0.4 is 15.9 Å². The molecule has 0 saturated heterocycles. The zero-order valence-corrected chi connectivity index (χ0v) is 14.9. The largest absolute Gasteiger partial charge is 0.347 e. The lowest BCUT2D eigenvalue weighted by Gasteiger charge is -2.20. The lowest BCUT2D eigenvalue weighted by Crippen LogP contribution is -2.22. The van der Waals surface area contributed by atoms with Gasteiger partial charge in [-0.25, -0.2) is 0 Å². The Morgan fingerprint density at radius 3 is 1.75 bits per heavy atom. The SMILES string of the molecule is Cc1c(P(c2ccccc2)c2ccccc2)c2ccccc2n1C. The molecule has 0 aliphatic heterocycles. The summed E-state index contributed by atoms with van der Waals surface area (Å²) in [5.74, 6) is 0. The van der Waals surface area contributed by atoms with E-state index in [2.05, 4.69) is 103 Å². The van der Waals surface area contributed by atoms with Gasteiger partial charge in [0.1, 0.15) is 0 Å². The highest BCUT2D eigenvalue weighted by molar-refractivity contribution is 7.80. The van der Waals surface area contributed by atoms with Gasteiger partial charge in [-0.15, -0.1) is 0 Å². The first kappa shape index (κ1) is 15.2. The van der Waals surface area contributed by atoms with Gasteiger partial charge in [0, 0.05) is 28.9 Å². The summed E-state index contributed by atoms with van der Waals surface area (Å²) in [6, 6.07) is 30.6. The molecule has 1 nitrogen and oxygen atoms in total. The van der Waals surface area contributed by atoms with Crippen LogP contribution in [0.15, 0.2) is 84.9 Å². The molecule has 4 rings (SSSR count). The number of fused-ring (bicyclic) bond motifs is 1. The fourth-order valence-electron chi connectivity index (χ4n) is 3.34. The Labute approximate surface area is 144 Å². The Morgan fingerprint density at radius 1 is 0.667 bits per heavy atom. The zero-order valence-electron chi connectivity index (χ0n) is 14.0. The third-order valence-electron chi connectivity index (χ3n) is 4.62. The molecule has 1 heterocycles. The van der Waals surface area contributed by atoms with Gasteiger partial charge in [-0.2, -0.15) is 0 Å². The topological polar surface area (TPSA) is 4.93 Å². The van der Waals surface area contributed by atoms with E-state index in [-0.39, 0.29) is 0 Å². The summed E-state index contributed by atoms with van der Waals surface area (Å²) in [5.41, 5.74) is 2.67. The second-order valence-corrected chi connectivity index (χ2v) is 8.17. The van der Waals surface area contributed by atoms with E-state index in [0.717, 1.165) is 0 Å². The summed E-state index contributed by atoms with van der Waals surface area (Å²) in [6.45, 7) is 2.25. The minimum absolute atomic E-state index is 0.567. The molecule has 24 heavy (non-hydrogen) atoms. The highest BCUT2D eigenvalue weighted by Gasteiger charge is 2.23. The number of benzene rings is 3. The average Bonchev–Trinajstić information content (AvgIpc) is 2.90. The quantitative estimate of drug-likeness (QED) is 0.495. The molecular formula is C22H20NP. The summed E-state index contributed by atoms with van der Waals surface area (Å²) in [7, 11) is 1.60. The molecular weight excluding hydrogens is 309 g/mol. The molecule has 0 N–H and O–H groups in total. The Morgan fingerprint density at radius 2 is 1.17 bits per heavy atom. The molecule has 4 aromatic rings. The third kappa shape index (κ3) is 2.46. The van der Waals surface area contributed by atoms with E-state index in [1.165, 1.54) is 32.5 Å². The van der Waals surface area contributed by atoms with E-state index in [1.54, 1.807) is 0 Å². The van der Waals surface area contributed by atoms with Crippen LogP contribution >= 0.6 is 7.92 Å². The predicted molar refractivity (Wildman–Crippen MR) is 106 cm³/mol. The lowest BCUT2D eigenvalue weighted by molar-refractivity contribution is 0.923. The number of nitrogens with zero attached hydrogens (tertiary/aromatic N) is 1. The summed E-state index contributed by atoms with van der Waals surface area (Å²) < 4.78 is 2.33. The Kier molecular flexibility index (Phi) is 3.96. The molecule has 0 radical (unpaired) electrons. The summed E-state index contributed by atoms with van der Waals surface area (Å²) in [5, 5.41) is 5.65. The number of rotatable bonds is 3. The maximum atomic E-state index is 2.33. The average molecular weight is 329 g/mol. The first-order valence-corrected chi connectivity index (χ1v) is 9.56. The first-order valence-electron chi connectivity index (χ1n) is 8.21. The van der Waals surface area contributed by atoms with Crippen molar-refractivity contribution >= 4 is 34.7 Å². The van der Waals surface area contributed by atoms with Crippen LogP contribution in [0.5, 0.6) is 0 Å². The number of hydrogen-bond donors (Lipinski definition) is 0. The number of aryl methyl sites for hydroxylation is 1. The van der Waals surface area contributed by atoms with Gasteiger partial charge < -0.3 is 4.57 Å². The monoisotopic (exact) mass is 329 g/mol. The van der Waals surface area contributed by atoms with Crippen LogP contribution in [0.25, 0.3) is 10.9 Å². The van der Waals surface area contributed by atoms with Crippen molar-refractivity contribution < 1.29 is 0 Å². The highest BCUT2D eigenvalue weighted by Crippen LogP contribution is 2.37. The van der Waals surface area contributed by atoms with Gasteiger partial charge in [0.05, 0.1) is 0 Å². The Balaban J connectivity index is 2.04. The summed E-state index contributed by atoms with van der Waals surface area (Å²) in [6.07, 6.45) is 0. The van der Waals surface area contributed by atoms with Crippen LogP contribution in [0.4, 0.5) is 0 Å². The molecule has 0 amide bonds. The van der Waals surface area contributed by atoms with Gasteiger partial charge in [-0.05, 0) is 31.5 Å². The molecule has 2 heteroatoms.